The van der Waals surface area contributed by atoms with Crippen molar-refractivity contribution >= 4 is 17.0 Å². The Bertz CT molecular complexity index is 756. The number of hydrogen-bond acceptors (Lipinski definition) is 5. The van der Waals surface area contributed by atoms with Crippen molar-refractivity contribution < 1.29 is 9.53 Å². The van der Waals surface area contributed by atoms with Gasteiger partial charge in [-0.05, 0) is 25.8 Å². The predicted octanol–water partition coefficient (Wildman–Crippen LogP) is 0.968. The van der Waals surface area contributed by atoms with E-state index >= 15 is 0 Å². The number of aryl methyl sites for hydroxylation is 1. The van der Waals surface area contributed by atoms with Crippen LogP contribution in [0.25, 0.3) is 11.0 Å². The van der Waals surface area contributed by atoms with Crippen LogP contribution in [-0.2, 0) is 23.2 Å². The monoisotopic (exact) mass is 318 g/mol. The molecule has 23 heavy (non-hydrogen) atoms. The Labute approximate surface area is 134 Å². The summed E-state index contributed by atoms with van der Waals surface area (Å²) in [7, 11) is 1.77. The van der Waals surface area contributed by atoms with E-state index in [-0.39, 0.29) is 17.6 Å². The minimum absolute atomic E-state index is 0.0166. The molecule has 0 saturated carbocycles. The maximum atomic E-state index is 12.4. The van der Waals surface area contributed by atoms with Crippen LogP contribution in [0.3, 0.4) is 0 Å². The number of likely N-dealkylation sites (tertiary alicyclic amines) is 1. The Balaban J connectivity index is 1.71. The van der Waals surface area contributed by atoms with E-state index in [9.17, 15) is 9.59 Å². The zero-order valence-corrected chi connectivity index (χ0v) is 13.6. The number of piperidine rings is 1. The average Bonchev–Trinajstić information content (AvgIpc) is 2.81. The van der Waals surface area contributed by atoms with E-state index in [1.165, 1.54) is 0 Å². The summed E-state index contributed by atoms with van der Waals surface area (Å²) in [5.74, 6) is -0.115. The van der Waals surface area contributed by atoms with Crippen LogP contribution in [0, 0.1) is 5.92 Å². The second kappa shape index (κ2) is 6.54. The highest BCUT2D eigenvalue weighted by atomic mass is 16.5. The molecule has 1 aliphatic rings. The summed E-state index contributed by atoms with van der Waals surface area (Å²) in [6.07, 6.45) is 4.96. The van der Waals surface area contributed by atoms with Crippen LogP contribution in [0.5, 0.6) is 0 Å². The maximum absolute atomic E-state index is 12.4. The Morgan fingerprint density at radius 1 is 1.35 bits per heavy atom. The van der Waals surface area contributed by atoms with Crippen molar-refractivity contribution in [3.63, 3.8) is 0 Å². The molecule has 0 N–H and O–H groups in total. The molecule has 2 aromatic heterocycles. The van der Waals surface area contributed by atoms with Gasteiger partial charge in [0.15, 0.2) is 0 Å². The first kappa shape index (κ1) is 15.7. The lowest BCUT2D eigenvalue weighted by atomic mass is 9.97. The molecule has 0 amide bonds. The van der Waals surface area contributed by atoms with Gasteiger partial charge in [-0.2, -0.15) is 0 Å². The molecule has 1 saturated heterocycles. The summed E-state index contributed by atoms with van der Waals surface area (Å²) in [6, 6.07) is 1.85. The minimum Gasteiger partial charge on any atom is -0.466 e. The normalized spacial score (nSPS) is 16.8. The number of pyridine rings is 1. The van der Waals surface area contributed by atoms with Crippen molar-refractivity contribution in [3.8, 4) is 0 Å². The second-order valence-corrected chi connectivity index (χ2v) is 5.92. The lowest BCUT2D eigenvalue weighted by Crippen LogP contribution is -2.40. The zero-order chi connectivity index (χ0) is 16.4. The summed E-state index contributed by atoms with van der Waals surface area (Å²) in [5.41, 5.74) is 1.68. The van der Waals surface area contributed by atoms with Crippen LogP contribution in [0.15, 0.2) is 23.3 Å². The molecular weight excluding hydrogens is 296 g/mol. The summed E-state index contributed by atoms with van der Waals surface area (Å²) in [6.45, 7) is 4.35. The van der Waals surface area contributed by atoms with E-state index in [0.717, 1.165) is 37.0 Å². The molecule has 7 heteroatoms. The van der Waals surface area contributed by atoms with Gasteiger partial charge in [-0.25, -0.2) is 4.79 Å². The van der Waals surface area contributed by atoms with Gasteiger partial charge in [-0.1, -0.05) is 0 Å². The van der Waals surface area contributed by atoms with Gasteiger partial charge in [-0.15, -0.1) is 0 Å². The Kier molecular flexibility index (Phi) is 4.47. The van der Waals surface area contributed by atoms with E-state index in [1.54, 1.807) is 28.6 Å². The van der Waals surface area contributed by atoms with Gasteiger partial charge in [-0.3, -0.25) is 23.8 Å². The molecule has 3 heterocycles. The lowest BCUT2D eigenvalue weighted by molar-refractivity contribution is -0.149. The number of imidazole rings is 1. The highest BCUT2D eigenvalue weighted by molar-refractivity contribution is 5.74. The molecule has 1 fully saturated rings. The predicted molar refractivity (Wildman–Crippen MR) is 85.9 cm³/mol. The van der Waals surface area contributed by atoms with E-state index in [1.807, 2.05) is 13.0 Å². The Morgan fingerprint density at radius 3 is 2.78 bits per heavy atom. The third-order valence-electron chi connectivity index (χ3n) is 4.50. The first-order chi connectivity index (χ1) is 11.1. The number of nitrogens with zero attached hydrogens (tertiary/aromatic N) is 4. The van der Waals surface area contributed by atoms with Gasteiger partial charge in [0.1, 0.15) is 0 Å². The van der Waals surface area contributed by atoms with Crippen LogP contribution < -0.4 is 5.69 Å². The fourth-order valence-electron chi connectivity index (χ4n) is 3.16. The highest BCUT2D eigenvalue weighted by Crippen LogP contribution is 2.20. The molecule has 0 atom stereocenters. The van der Waals surface area contributed by atoms with Crippen molar-refractivity contribution in [2.24, 2.45) is 13.0 Å². The van der Waals surface area contributed by atoms with Crippen LogP contribution in [0.4, 0.5) is 0 Å². The van der Waals surface area contributed by atoms with Gasteiger partial charge < -0.3 is 4.74 Å². The van der Waals surface area contributed by atoms with E-state index in [4.69, 9.17) is 4.74 Å². The quantitative estimate of drug-likeness (QED) is 0.786. The average molecular weight is 318 g/mol. The number of hydrogen-bond donors (Lipinski definition) is 0. The molecule has 0 bridgehead atoms. The first-order valence-electron chi connectivity index (χ1n) is 8.00. The summed E-state index contributed by atoms with van der Waals surface area (Å²) in [5, 5.41) is 0. The smallest absolute Gasteiger partial charge is 0.330 e. The molecule has 0 spiro atoms. The number of ether oxygens (including phenoxy) is 1. The molecule has 7 nitrogen and oxygen atoms in total. The third-order valence-corrected chi connectivity index (χ3v) is 4.50. The van der Waals surface area contributed by atoms with Gasteiger partial charge in [0.25, 0.3) is 0 Å². The number of rotatable bonds is 4. The molecule has 0 aliphatic carbocycles. The standard InChI is InChI=1S/C16H22N4O3/c1-3-23-15(21)12-5-8-19(9-6-12)11-20-14-10-17-7-4-13(14)18(2)16(20)22/h4,7,10,12H,3,5-6,8-9,11H2,1-2H3. The van der Waals surface area contributed by atoms with Gasteiger partial charge in [0, 0.05) is 26.3 Å². The van der Waals surface area contributed by atoms with Crippen molar-refractivity contribution in [2.45, 2.75) is 26.4 Å². The Morgan fingerprint density at radius 2 is 2.09 bits per heavy atom. The number of carbonyl (C=O) groups excluding carboxylic acids is 1. The van der Waals surface area contributed by atoms with Crippen LogP contribution in [0.2, 0.25) is 0 Å². The number of fused-ring (bicyclic) bond motifs is 1. The second-order valence-electron chi connectivity index (χ2n) is 5.92. The number of carbonyl (C=O) groups is 1. The topological polar surface area (TPSA) is 69.4 Å². The van der Waals surface area contributed by atoms with Crippen molar-refractivity contribution in [2.75, 3.05) is 19.7 Å². The molecule has 0 aromatic carbocycles. The molecule has 0 unspecified atom stereocenters. The SMILES string of the molecule is CCOC(=O)C1CCN(Cn2c(=O)n(C)c3ccncc32)CC1. The fraction of sp³-hybridized carbons (Fsp3) is 0.562. The van der Waals surface area contributed by atoms with Gasteiger partial charge in [0.05, 0.1) is 36.4 Å². The molecule has 3 rings (SSSR count). The van der Waals surface area contributed by atoms with Crippen molar-refractivity contribution in [1.29, 1.82) is 0 Å². The van der Waals surface area contributed by atoms with Crippen molar-refractivity contribution in [3.05, 3.63) is 28.9 Å². The summed E-state index contributed by atoms with van der Waals surface area (Å²) >= 11 is 0. The zero-order valence-electron chi connectivity index (χ0n) is 13.6. The Hall–Kier alpha value is -2.15. The molecular formula is C16H22N4O3. The highest BCUT2D eigenvalue weighted by Gasteiger charge is 2.26. The van der Waals surface area contributed by atoms with E-state index in [0.29, 0.717) is 13.3 Å². The summed E-state index contributed by atoms with van der Waals surface area (Å²) < 4.78 is 8.48. The summed E-state index contributed by atoms with van der Waals surface area (Å²) in [4.78, 5) is 30.5. The van der Waals surface area contributed by atoms with E-state index in [2.05, 4.69) is 9.88 Å². The number of aromatic nitrogens is 3. The molecule has 2 aromatic rings. The molecule has 1 aliphatic heterocycles. The maximum Gasteiger partial charge on any atom is 0.330 e. The lowest BCUT2D eigenvalue weighted by Gasteiger charge is -2.30. The van der Waals surface area contributed by atoms with Crippen LogP contribution >= 0.6 is 0 Å². The van der Waals surface area contributed by atoms with Gasteiger partial charge >= 0.3 is 11.7 Å². The van der Waals surface area contributed by atoms with Crippen molar-refractivity contribution in [1.82, 2.24) is 19.0 Å². The largest absolute Gasteiger partial charge is 0.466 e. The van der Waals surface area contributed by atoms with Crippen LogP contribution in [0.1, 0.15) is 19.8 Å². The van der Waals surface area contributed by atoms with Crippen LogP contribution in [-0.4, -0.2) is 44.7 Å². The van der Waals surface area contributed by atoms with E-state index < -0.39 is 0 Å². The first-order valence-corrected chi connectivity index (χ1v) is 8.00. The minimum atomic E-state index is -0.0984. The molecule has 0 radical (unpaired) electrons. The van der Waals surface area contributed by atoms with Gasteiger partial charge in [0.2, 0.25) is 0 Å². The number of esters is 1. The third kappa shape index (κ3) is 3.01. The fourth-order valence-corrected chi connectivity index (χ4v) is 3.16. The molecule has 124 valence electrons.